The quantitative estimate of drug-likeness (QED) is 0.0555. The molecule has 0 aromatic heterocycles. The molecule has 4 amide bonds. The van der Waals surface area contributed by atoms with Gasteiger partial charge < -0.3 is 35.5 Å². The highest BCUT2D eigenvalue weighted by atomic mass is 127. The molecule has 0 spiro atoms. The first-order chi connectivity index (χ1) is 28.1. The number of halogens is 1. The Morgan fingerprint density at radius 1 is 0.780 bits per heavy atom. The summed E-state index contributed by atoms with van der Waals surface area (Å²) < 4.78 is 15.8. The Kier molecular flexibility index (Phi) is 20.8. The lowest BCUT2D eigenvalue weighted by atomic mass is 9.90. The minimum absolute atomic E-state index is 0.0440. The number of ether oxygens (including phenoxy) is 3. The SMILES string of the molecule is C#CCOC(=O)OC(C)(CI)C(=O)C(CC(C)C)NC(=O)C(Cc1ccccc1)NC(=O)C(CC(C)C)NC(=O)C(CCc1ccccc1)NC(=O)CN1CCOCC1. The smallest absolute Gasteiger partial charge is 0.421 e. The molecule has 2 aromatic carbocycles. The molecule has 59 heavy (non-hydrogen) atoms. The molecule has 1 fully saturated rings. The molecular formula is C44H60IN5O9. The first-order valence-corrected chi connectivity index (χ1v) is 21.6. The Bertz CT molecular complexity index is 1720. The largest absolute Gasteiger partial charge is 0.510 e. The number of nitrogens with one attached hydrogen (secondary N) is 4. The third-order valence-electron chi connectivity index (χ3n) is 9.64. The number of alkyl halides is 1. The van der Waals surface area contributed by atoms with E-state index in [0.717, 1.165) is 11.1 Å². The van der Waals surface area contributed by atoms with Gasteiger partial charge in [0.2, 0.25) is 23.6 Å². The molecular weight excluding hydrogens is 869 g/mol. The standard InChI is InChI=1S/C44H60IN5O9/c1-7-22-58-43(56)59-44(6,29-45)39(52)35(25-30(2)3)47-42(55)37(27-33-16-12-9-13-17-33)49-41(54)36(26-31(4)5)48-40(53)34(19-18-32-14-10-8-11-15-32)46-38(51)28-50-20-23-57-24-21-50/h1,8-17,30-31,34-37H,18-29H2,2-6H3,(H,46,51)(H,47,55)(H,48,53)(H,49,54). The Morgan fingerprint density at radius 2 is 1.31 bits per heavy atom. The molecule has 0 radical (unpaired) electrons. The summed E-state index contributed by atoms with van der Waals surface area (Å²) in [6.45, 7) is 11.0. The number of nitrogens with zero attached hydrogens (tertiary/aromatic N) is 1. The van der Waals surface area contributed by atoms with Crippen molar-refractivity contribution in [3.05, 3.63) is 71.8 Å². The summed E-state index contributed by atoms with van der Waals surface area (Å²) in [4.78, 5) is 84.2. The zero-order valence-electron chi connectivity index (χ0n) is 34.8. The highest BCUT2D eigenvalue weighted by molar-refractivity contribution is 14.1. The molecule has 1 aliphatic heterocycles. The van der Waals surface area contributed by atoms with Gasteiger partial charge in [-0.25, -0.2) is 4.79 Å². The molecule has 15 heteroatoms. The van der Waals surface area contributed by atoms with E-state index in [0.29, 0.717) is 32.7 Å². The van der Waals surface area contributed by atoms with Crippen molar-refractivity contribution in [2.24, 2.45) is 11.8 Å². The maximum absolute atomic E-state index is 14.3. The highest BCUT2D eigenvalue weighted by Gasteiger charge is 2.43. The van der Waals surface area contributed by atoms with Gasteiger partial charge in [-0.1, -0.05) is 117 Å². The highest BCUT2D eigenvalue weighted by Crippen LogP contribution is 2.22. The number of morpholine rings is 1. The lowest BCUT2D eigenvalue weighted by molar-refractivity contribution is -0.141. The molecule has 322 valence electrons. The lowest BCUT2D eigenvalue weighted by Gasteiger charge is -2.32. The summed E-state index contributed by atoms with van der Waals surface area (Å²) in [5.41, 5.74) is 0.0608. The number of aryl methyl sites for hydroxylation is 1. The van der Waals surface area contributed by atoms with Gasteiger partial charge in [0.05, 0.1) is 25.8 Å². The fraction of sp³-hybridized carbons (Fsp3) is 0.545. The molecule has 2 aromatic rings. The zero-order valence-corrected chi connectivity index (χ0v) is 37.0. The van der Waals surface area contributed by atoms with Crippen LogP contribution in [0.4, 0.5) is 4.79 Å². The van der Waals surface area contributed by atoms with Gasteiger partial charge in [-0.05, 0) is 55.6 Å². The van der Waals surface area contributed by atoms with Gasteiger partial charge in [-0.15, -0.1) is 6.42 Å². The number of carbonyl (C=O) groups excluding carboxylic acids is 6. The van der Waals surface area contributed by atoms with Crippen molar-refractivity contribution in [3.8, 4) is 12.3 Å². The maximum Gasteiger partial charge on any atom is 0.510 e. The number of Topliss-reactive ketones (excluding diaryl/α,β-unsaturated/α-hetero) is 1. The number of ketones is 1. The number of hydrogen-bond donors (Lipinski definition) is 4. The van der Waals surface area contributed by atoms with Gasteiger partial charge in [0.1, 0.15) is 18.1 Å². The van der Waals surface area contributed by atoms with Crippen molar-refractivity contribution in [1.82, 2.24) is 26.2 Å². The molecule has 5 atom stereocenters. The van der Waals surface area contributed by atoms with Crippen molar-refractivity contribution in [2.75, 3.05) is 43.9 Å². The van der Waals surface area contributed by atoms with Crippen molar-refractivity contribution in [2.45, 2.75) is 96.5 Å². The summed E-state index contributed by atoms with van der Waals surface area (Å²) in [5.74, 6) is -0.574. The van der Waals surface area contributed by atoms with Gasteiger partial charge in [0.15, 0.2) is 18.0 Å². The predicted molar refractivity (Wildman–Crippen MR) is 232 cm³/mol. The van der Waals surface area contributed by atoms with E-state index in [2.05, 4.69) is 27.2 Å². The molecule has 0 aliphatic carbocycles. The minimum atomic E-state index is -1.67. The van der Waals surface area contributed by atoms with Gasteiger partial charge in [-0.3, -0.25) is 28.9 Å². The van der Waals surface area contributed by atoms with E-state index < -0.39 is 59.4 Å². The molecule has 1 saturated heterocycles. The summed E-state index contributed by atoms with van der Waals surface area (Å²) >= 11 is 1.93. The van der Waals surface area contributed by atoms with Crippen molar-refractivity contribution >= 4 is 58.2 Å². The first kappa shape index (κ1) is 48.8. The minimum Gasteiger partial charge on any atom is -0.421 e. The first-order valence-electron chi connectivity index (χ1n) is 20.1. The Balaban J connectivity index is 1.87. The number of benzene rings is 2. The van der Waals surface area contributed by atoms with E-state index in [9.17, 15) is 28.8 Å². The Labute approximate surface area is 362 Å². The molecule has 14 nitrogen and oxygen atoms in total. The van der Waals surface area contributed by atoms with E-state index >= 15 is 0 Å². The van der Waals surface area contributed by atoms with Crippen LogP contribution in [0, 0.1) is 24.2 Å². The van der Waals surface area contributed by atoms with E-state index in [1.165, 1.54) is 6.92 Å². The predicted octanol–water partition coefficient (Wildman–Crippen LogP) is 3.77. The molecule has 0 bridgehead atoms. The van der Waals surface area contributed by atoms with Crippen LogP contribution in [0.15, 0.2) is 60.7 Å². The average Bonchev–Trinajstić information content (AvgIpc) is 3.21. The molecule has 1 heterocycles. The van der Waals surface area contributed by atoms with Crippen molar-refractivity contribution in [3.63, 3.8) is 0 Å². The van der Waals surface area contributed by atoms with Crippen LogP contribution in [0.3, 0.4) is 0 Å². The summed E-state index contributed by atoms with van der Waals surface area (Å²) in [6, 6.07) is 14.4. The van der Waals surface area contributed by atoms with Crippen LogP contribution in [-0.2, 0) is 51.0 Å². The van der Waals surface area contributed by atoms with Crippen molar-refractivity contribution < 1.29 is 43.0 Å². The van der Waals surface area contributed by atoms with E-state index in [-0.39, 0.29) is 61.0 Å². The van der Waals surface area contributed by atoms with Crippen LogP contribution in [0.1, 0.15) is 65.0 Å². The molecule has 3 rings (SSSR count). The maximum atomic E-state index is 14.3. The van der Waals surface area contributed by atoms with Crippen LogP contribution >= 0.6 is 22.6 Å². The normalized spacial score (nSPS) is 16.0. The molecule has 5 unspecified atom stereocenters. The fourth-order valence-corrected chi connectivity index (χ4v) is 7.07. The topological polar surface area (TPSA) is 181 Å². The number of terminal acetylenes is 1. The number of hydrogen-bond acceptors (Lipinski definition) is 10. The number of amides is 4. The van der Waals surface area contributed by atoms with E-state index in [1.54, 1.807) is 0 Å². The van der Waals surface area contributed by atoms with Crippen LogP contribution < -0.4 is 21.3 Å². The third kappa shape index (κ3) is 17.3. The van der Waals surface area contributed by atoms with Crippen LogP contribution in [-0.4, -0.2) is 114 Å². The molecule has 4 N–H and O–H groups in total. The number of rotatable bonds is 23. The fourth-order valence-electron chi connectivity index (χ4n) is 6.53. The summed E-state index contributed by atoms with van der Waals surface area (Å²) in [5, 5.41) is 11.5. The van der Waals surface area contributed by atoms with Crippen LogP contribution in [0.2, 0.25) is 0 Å². The van der Waals surface area contributed by atoms with Crippen molar-refractivity contribution in [1.29, 1.82) is 0 Å². The Hall–Kier alpha value is -4.53. The average molecular weight is 930 g/mol. The second kappa shape index (κ2) is 25.2. The van der Waals surface area contributed by atoms with E-state index in [1.807, 2.05) is 116 Å². The molecule has 1 aliphatic rings. The number of carbonyl (C=O) groups is 6. The second-order valence-electron chi connectivity index (χ2n) is 15.7. The third-order valence-corrected chi connectivity index (χ3v) is 11.1. The van der Waals surface area contributed by atoms with E-state index in [4.69, 9.17) is 20.6 Å². The van der Waals surface area contributed by atoms with Gasteiger partial charge in [-0.2, -0.15) is 0 Å². The zero-order chi connectivity index (χ0) is 43.4. The summed E-state index contributed by atoms with van der Waals surface area (Å²) in [7, 11) is 0. The monoisotopic (exact) mass is 929 g/mol. The molecule has 0 saturated carbocycles. The van der Waals surface area contributed by atoms with Gasteiger partial charge in [0, 0.05) is 23.9 Å². The lowest BCUT2D eigenvalue weighted by Crippen LogP contribution is -2.60. The summed E-state index contributed by atoms with van der Waals surface area (Å²) in [6.07, 6.45) is 5.38. The second-order valence-corrected chi connectivity index (χ2v) is 16.5. The van der Waals surface area contributed by atoms with Crippen LogP contribution in [0.25, 0.3) is 0 Å². The van der Waals surface area contributed by atoms with Gasteiger partial charge >= 0.3 is 6.16 Å². The Morgan fingerprint density at radius 3 is 1.88 bits per heavy atom. The van der Waals surface area contributed by atoms with Gasteiger partial charge in [0.25, 0.3) is 0 Å². The van der Waals surface area contributed by atoms with Crippen LogP contribution in [0.5, 0.6) is 0 Å².